The van der Waals surface area contributed by atoms with Crippen molar-refractivity contribution in [2.24, 2.45) is 0 Å². The van der Waals surface area contributed by atoms with E-state index in [9.17, 15) is 0 Å². The Kier molecular flexibility index (Phi) is 3.06. The summed E-state index contributed by atoms with van der Waals surface area (Å²) in [6, 6.07) is 7.90. The molecule has 1 fully saturated rings. The van der Waals surface area contributed by atoms with Crippen LogP contribution in [0.1, 0.15) is 12.5 Å². The van der Waals surface area contributed by atoms with E-state index in [0.717, 1.165) is 18.0 Å². The van der Waals surface area contributed by atoms with Crippen LogP contribution < -0.4 is 5.32 Å². The van der Waals surface area contributed by atoms with Crippen LogP contribution in [0.3, 0.4) is 0 Å². The number of rotatable bonds is 2. The molecular formula is C11H14ClNO. The van der Waals surface area contributed by atoms with Crippen molar-refractivity contribution in [3.63, 3.8) is 0 Å². The molecule has 76 valence electrons. The van der Waals surface area contributed by atoms with Gasteiger partial charge in [0.25, 0.3) is 0 Å². The van der Waals surface area contributed by atoms with Crippen LogP contribution in [0.5, 0.6) is 0 Å². The molecule has 1 heterocycles. The Labute approximate surface area is 89.2 Å². The number of hydrogen-bond donors (Lipinski definition) is 1. The molecule has 0 radical (unpaired) electrons. The van der Waals surface area contributed by atoms with E-state index in [1.165, 1.54) is 5.56 Å². The largest absolute Gasteiger partial charge is 0.359 e. The van der Waals surface area contributed by atoms with Crippen LogP contribution in [0.2, 0.25) is 5.02 Å². The minimum absolute atomic E-state index is 0.158. The van der Waals surface area contributed by atoms with Crippen LogP contribution in [0, 0.1) is 0 Å². The summed E-state index contributed by atoms with van der Waals surface area (Å²) >= 11 is 5.80. The second-order valence-corrected chi connectivity index (χ2v) is 4.11. The zero-order valence-corrected chi connectivity index (χ0v) is 8.92. The molecule has 3 heteroatoms. The molecule has 0 bridgehead atoms. The Morgan fingerprint density at radius 1 is 1.43 bits per heavy atom. The first-order valence-corrected chi connectivity index (χ1v) is 5.25. The molecule has 2 rings (SSSR count). The maximum absolute atomic E-state index is 5.80. The quantitative estimate of drug-likeness (QED) is 0.810. The van der Waals surface area contributed by atoms with Gasteiger partial charge in [-0.2, -0.15) is 0 Å². The summed E-state index contributed by atoms with van der Waals surface area (Å²) in [5.41, 5.74) is 1.25. The molecule has 14 heavy (non-hydrogen) atoms. The van der Waals surface area contributed by atoms with Gasteiger partial charge in [-0.25, -0.2) is 0 Å². The Hall–Kier alpha value is -0.570. The molecule has 1 saturated heterocycles. The highest BCUT2D eigenvalue weighted by Gasteiger charge is 2.20. The third-order valence-electron chi connectivity index (χ3n) is 2.36. The van der Waals surface area contributed by atoms with Gasteiger partial charge in [0.2, 0.25) is 0 Å². The molecule has 2 unspecified atom stereocenters. The third-order valence-corrected chi connectivity index (χ3v) is 2.62. The number of ether oxygens (including phenoxy) is 1. The first-order chi connectivity index (χ1) is 6.74. The SMILES string of the molecule is CC1CNC(Cc2ccc(Cl)cc2)O1. The molecule has 0 saturated carbocycles. The second kappa shape index (κ2) is 4.30. The van der Waals surface area contributed by atoms with E-state index in [1.54, 1.807) is 0 Å². The summed E-state index contributed by atoms with van der Waals surface area (Å²) in [7, 11) is 0. The number of halogens is 1. The van der Waals surface area contributed by atoms with Crippen molar-refractivity contribution in [2.75, 3.05) is 6.54 Å². The summed E-state index contributed by atoms with van der Waals surface area (Å²) in [6.45, 7) is 3.02. The van der Waals surface area contributed by atoms with Crippen LogP contribution in [-0.2, 0) is 11.2 Å². The zero-order valence-electron chi connectivity index (χ0n) is 8.16. The fourth-order valence-corrected chi connectivity index (χ4v) is 1.75. The van der Waals surface area contributed by atoms with Gasteiger partial charge in [0.15, 0.2) is 0 Å². The van der Waals surface area contributed by atoms with Gasteiger partial charge in [-0.1, -0.05) is 23.7 Å². The van der Waals surface area contributed by atoms with Crippen molar-refractivity contribution in [3.8, 4) is 0 Å². The average molecular weight is 212 g/mol. The van der Waals surface area contributed by atoms with Gasteiger partial charge in [-0.05, 0) is 24.6 Å². The van der Waals surface area contributed by atoms with Crippen molar-refractivity contribution in [1.82, 2.24) is 5.32 Å². The first kappa shape index (κ1) is 9.97. The fraction of sp³-hybridized carbons (Fsp3) is 0.455. The molecule has 0 spiro atoms. The molecule has 0 aromatic heterocycles. The molecular weight excluding hydrogens is 198 g/mol. The van der Waals surface area contributed by atoms with Gasteiger partial charge >= 0.3 is 0 Å². The van der Waals surface area contributed by atoms with Gasteiger partial charge in [-0.15, -0.1) is 0 Å². The van der Waals surface area contributed by atoms with E-state index in [-0.39, 0.29) is 6.23 Å². The van der Waals surface area contributed by atoms with Crippen LogP contribution in [-0.4, -0.2) is 18.9 Å². The third kappa shape index (κ3) is 2.47. The Morgan fingerprint density at radius 2 is 2.14 bits per heavy atom. The lowest BCUT2D eigenvalue weighted by Gasteiger charge is -2.10. The van der Waals surface area contributed by atoms with Crippen LogP contribution in [0.25, 0.3) is 0 Å². The molecule has 1 aromatic carbocycles. The minimum Gasteiger partial charge on any atom is -0.359 e. The average Bonchev–Trinajstić information content (AvgIpc) is 2.56. The predicted octanol–water partition coefficient (Wildman–Crippen LogP) is 2.22. The van der Waals surface area contributed by atoms with E-state index in [1.807, 2.05) is 24.3 Å². The van der Waals surface area contributed by atoms with Crippen molar-refractivity contribution >= 4 is 11.6 Å². The van der Waals surface area contributed by atoms with Gasteiger partial charge < -0.3 is 4.74 Å². The molecule has 2 nitrogen and oxygen atoms in total. The lowest BCUT2D eigenvalue weighted by molar-refractivity contribution is 0.0520. The van der Waals surface area contributed by atoms with E-state index in [4.69, 9.17) is 16.3 Å². The van der Waals surface area contributed by atoms with Gasteiger partial charge in [0.1, 0.15) is 6.23 Å². The Morgan fingerprint density at radius 3 is 2.71 bits per heavy atom. The topological polar surface area (TPSA) is 21.3 Å². The number of nitrogens with one attached hydrogen (secondary N) is 1. The zero-order chi connectivity index (χ0) is 9.97. The van der Waals surface area contributed by atoms with Crippen LogP contribution in [0.4, 0.5) is 0 Å². The maximum Gasteiger partial charge on any atom is 0.112 e. The van der Waals surface area contributed by atoms with Crippen LogP contribution >= 0.6 is 11.6 Å². The Balaban J connectivity index is 1.94. The summed E-state index contributed by atoms with van der Waals surface area (Å²) in [5, 5.41) is 4.09. The lowest BCUT2D eigenvalue weighted by atomic mass is 10.1. The van der Waals surface area contributed by atoms with Gasteiger partial charge in [-0.3, -0.25) is 5.32 Å². The standard InChI is InChI=1S/C11H14ClNO/c1-8-7-13-11(14-8)6-9-2-4-10(12)5-3-9/h2-5,8,11,13H,6-7H2,1H3. The van der Waals surface area contributed by atoms with E-state index >= 15 is 0 Å². The highest BCUT2D eigenvalue weighted by atomic mass is 35.5. The number of hydrogen-bond acceptors (Lipinski definition) is 2. The van der Waals surface area contributed by atoms with E-state index in [2.05, 4.69) is 12.2 Å². The molecule has 1 aliphatic heterocycles. The molecule has 1 N–H and O–H groups in total. The Bertz CT molecular complexity index is 299. The fourth-order valence-electron chi connectivity index (χ4n) is 1.63. The summed E-state index contributed by atoms with van der Waals surface area (Å²) in [5.74, 6) is 0. The van der Waals surface area contributed by atoms with Crippen molar-refractivity contribution in [2.45, 2.75) is 25.7 Å². The summed E-state index contributed by atoms with van der Waals surface area (Å²) in [4.78, 5) is 0. The van der Waals surface area contributed by atoms with Crippen molar-refractivity contribution in [3.05, 3.63) is 34.9 Å². The second-order valence-electron chi connectivity index (χ2n) is 3.67. The molecule has 1 aliphatic rings. The van der Waals surface area contributed by atoms with E-state index < -0.39 is 0 Å². The molecule has 0 amide bonds. The predicted molar refractivity (Wildman–Crippen MR) is 57.5 cm³/mol. The molecule has 1 aromatic rings. The molecule has 0 aliphatic carbocycles. The van der Waals surface area contributed by atoms with Gasteiger partial charge in [0, 0.05) is 18.0 Å². The monoisotopic (exact) mass is 211 g/mol. The first-order valence-electron chi connectivity index (χ1n) is 4.87. The smallest absolute Gasteiger partial charge is 0.112 e. The van der Waals surface area contributed by atoms with E-state index in [0.29, 0.717) is 6.10 Å². The summed E-state index contributed by atoms with van der Waals surface area (Å²) in [6.07, 6.45) is 1.39. The highest BCUT2D eigenvalue weighted by Crippen LogP contribution is 2.14. The van der Waals surface area contributed by atoms with Crippen LogP contribution in [0.15, 0.2) is 24.3 Å². The highest BCUT2D eigenvalue weighted by molar-refractivity contribution is 6.30. The van der Waals surface area contributed by atoms with Crippen molar-refractivity contribution in [1.29, 1.82) is 0 Å². The normalized spacial score (nSPS) is 26.7. The molecule has 2 atom stereocenters. The maximum atomic E-state index is 5.80. The number of benzene rings is 1. The van der Waals surface area contributed by atoms with Crippen molar-refractivity contribution < 1.29 is 4.74 Å². The lowest BCUT2D eigenvalue weighted by Crippen LogP contribution is -2.24. The summed E-state index contributed by atoms with van der Waals surface area (Å²) < 4.78 is 5.65. The van der Waals surface area contributed by atoms with Gasteiger partial charge in [0.05, 0.1) is 6.10 Å². The minimum atomic E-state index is 0.158.